The van der Waals surface area contributed by atoms with Crippen molar-refractivity contribution < 1.29 is 17.1 Å². The number of hydrogen-bond acceptors (Lipinski definition) is 0. The van der Waals surface area contributed by atoms with Crippen LogP contribution < -0.4 is 0 Å². The van der Waals surface area contributed by atoms with E-state index in [1.165, 1.54) is 0 Å². The summed E-state index contributed by atoms with van der Waals surface area (Å²) in [5, 5.41) is 0. The van der Waals surface area contributed by atoms with Crippen LogP contribution in [-0.4, -0.2) is 0 Å². The van der Waals surface area contributed by atoms with Gasteiger partial charge in [-0.05, 0) is 0 Å². The van der Waals surface area contributed by atoms with Gasteiger partial charge in [-0.1, -0.05) is 52.0 Å². The van der Waals surface area contributed by atoms with E-state index in [1.54, 1.807) is 0 Å². The quantitative estimate of drug-likeness (QED) is 0.478. The molecule has 8 heavy (non-hydrogen) atoms. The van der Waals surface area contributed by atoms with Crippen molar-refractivity contribution in [3.05, 3.63) is 0 Å². The van der Waals surface area contributed by atoms with Crippen molar-refractivity contribution in [1.82, 2.24) is 0 Å². The Morgan fingerprint density at radius 3 is 0.250 bits per heavy atom. The summed E-state index contributed by atoms with van der Waals surface area (Å²) in [4.78, 5) is 0. The summed E-state index contributed by atoms with van der Waals surface area (Å²) in [6.45, 7) is 0. The zero-order valence-electron chi connectivity index (χ0n) is 0.302. The van der Waals surface area contributed by atoms with E-state index in [-0.39, 0.29) is 69.1 Å². The van der Waals surface area contributed by atoms with Gasteiger partial charge in [0, 0.05) is 17.1 Å². The van der Waals surface area contributed by atoms with Gasteiger partial charge < -0.3 is 0 Å². The predicted molar refractivity (Wildman–Crippen MR) is 47.1 cm³/mol. The topological polar surface area (TPSA) is 0 Å². The van der Waals surface area contributed by atoms with Gasteiger partial charge in [-0.25, -0.2) is 0 Å². The third-order valence-electron chi connectivity index (χ3n) is 0. The average Bonchev–Trinajstić information content (AvgIpc) is 0. The molecule has 1 radical (unpaired) electrons. The van der Waals surface area contributed by atoms with Gasteiger partial charge in [0.25, 0.3) is 0 Å². The Hall–Kier alpha value is 0.519. The van der Waals surface area contributed by atoms with Gasteiger partial charge >= 0.3 is 0 Å². The van der Waals surface area contributed by atoms with Crippen LogP contribution in [0.3, 0.4) is 0 Å². The van der Waals surface area contributed by atoms with E-state index < -0.39 is 0 Å². The molecule has 0 unspecified atom stereocenters. The summed E-state index contributed by atoms with van der Waals surface area (Å²) in [7, 11) is 0. The fraction of sp³-hybridized carbons (Fsp3) is 1.00. The maximum absolute atomic E-state index is 0. The van der Waals surface area contributed by atoms with Gasteiger partial charge in [0.2, 0.25) is 0 Å². The number of hydrogen-bond donors (Lipinski definition) is 0. The fourth-order valence-electron chi connectivity index (χ4n) is 0. The minimum Gasteiger partial charge on any atom is -0.0776 e. The van der Waals surface area contributed by atoms with Crippen molar-refractivity contribution in [3.8, 4) is 0 Å². The van der Waals surface area contributed by atoms with Crippen LogP contribution >= 0.6 is 0 Å². The van der Waals surface area contributed by atoms with Crippen LogP contribution in [-0.2, 0) is 17.1 Å². The predicted octanol–water partition coefficient (Wildman–Crippen LogP) is 4.45. The van der Waals surface area contributed by atoms with Gasteiger partial charge in [-0.15, -0.1) is 0 Å². The Balaban J connectivity index is 0. The molecule has 1 heteroatoms. The Kier molecular flexibility index (Phi) is 264000. The fourth-order valence-corrected chi connectivity index (χ4v) is 0. The minimum atomic E-state index is 0. The first-order chi connectivity index (χ1) is 0. The van der Waals surface area contributed by atoms with E-state index in [2.05, 4.69) is 0 Å². The zero-order chi connectivity index (χ0) is 0. The molecule has 0 aromatic carbocycles. The van der Waals surface area contributed by atoms with Crippen LogP contribution in [0.1, 0.15) is 52.0 Å². The van der Waals surface area contributed by atoms with Crippen molar-refractivity contribution in [2.45, 2.75) is 52.0 Å². The average molecular weight is 176 g/mol. The van der Waals surface area contributed by atoms with Crippen LogP contribution in [0, 0.1) is 0 Å². The van der Waals surface area contributed by atoms with Crippen LogP contribution in [0.15, 0.2) is 0 Å². The Morgan fingerprint density at radius 1 is 0.250 bits per heavy atom. The van der Waals surface area contributed by atoms with Crippen LogP contribution in [0.2, 0.25) is 0 Å². The molecular weight excluding hydrogens is 148 g/mol. The molecule has 0 bridgehead atoms. The molecule has 0 N–H and O–H groups in total. The van der Waals surface area contributed by atoms with Crippen LogP contribution in [0.25, 0.3) is 0 Å². The Labute approximate surface area is 69.6 Å². The maximum atomic E-state index is 0. The molecule has 0 aromatic rings. The van der Waals surface area contributed by atoms with E-state index in [0.717, 1.165) is 0 Å². The second-order valence-corrected chi connectivity index (χ2v) is 0. The first-order valence-corrected chi connectivity index (χ1v) is 0. The van der Waals surface area contributed by atoms with E-state index >= 15 is 0 Å². The standard InChI is InChI=1S/7CH4.Cu/h7*1H4;. The minimum absolute atomic E-state index is 0. The summed E-state index contributed by atoms with van der Waals surface area (Å²) >= 11 is 0. The molecule has 0 rings (SSSR count). The molecular formula is C7H28Cu. The van der Waals surface area contributed by atoms with Crippen molar-refractivity contribution in [2.75, 3.05) is 0 Å². The molecule has 0 heterocycles. The van der Waals surface area contributed by atoms with E-state index in [1.807, 2.05) is 0 Å². The summed E-state index contributed by atoms with van der Waals surface area (Å²) in [6.07, 6.45) is 0. The van der Waals surface area contributed by atoms with E-state index in [9.17, 15) is 0 Å². The second-order valence-electron chi connectivity index (χ2n) is 0. The first-order valence-electron chi connectivity index (χ1n) is 0. The summed E-state index contributed by atoms with van der Waals surface area (Å²) in [5.74, 6) is 0. The monoisotopic (exact) mass is 175 g/mol. The van der Waals surface area contributed by atoms with Gasteiger partial charge in [0.15, 0.2) is 0 Å². The zero-order valence-corrected chi connectivity index (χ0v) is 1.24. The largest absolute Gasteiger partial charge is 0.0776 e. The van der Waals surface area contributed by atoms with Crippen molar-refractivity contribution in [2.24, 2.45) is 0 Å². The van der Waals surface area contributed by atoms with Crippen LogP contribution in [0.5, 0.6) is 0 Å². The molecule has 67 valence electrons. The van der Waals surface area contributed by atoms with Gasteiger partial charge in [-0.2, -0.15) is 0 Å². The van der Waals surface area contributed by atoms with E-state index in [0.29, 0.717) is 0 Å². The molecule has 0 aromatic heterocycles. The van der Waals surface area contributed by atoms with Gasteiger partial charge in [0.05, 0.1) is 0 Å². The maximum Gasteiger partial charge on any atom is 0 e. The third-order valence-corrected chi connectivity index (χ3v) is 0. The molecule has 0 aliphatic carbocycles. The summed E-state index contributed by atoms with van der Waals surface area (Å²) < 4.78 is 0. The molecule has 0 saturated carbocycles. The summed E-state index contributed by atoms with van der Waals surface area (Å²) in [5.41, 5.74) is 0. The second kappa shape index (κ2) is 1180. The number of rotatable bonds is 0. The molecule has 0 atom stereocenters. The molecule has 0 amide bonds. The van der Waals surface area contributed by atoms with Crippen molar-refractivity contribution in [3.63, 3.8) is 0 Å². The molecule has 0 aliphatic heterocycles. The molecule has 0 fully saturated rings. The van der Waals surface area contributed by atoms with Gasteiger partial charge in [0.1, 0.15) is 0 Å². The molecule has 0 spiro atoms. The third kappa shape index (κ3) is 736. The smallest absolute Gasteiger partial charge is 0 e. The Bertz CT molecular complexity index is 4.35. The van der Waals surface area contributed by atoms with Gasteiger partial charge in [-0.3, -0.25) is 0 Å². The van der Waals surface area contributed by atoms with Crippen molar-refractivity contribution in [1.29, 1.82) is 0 Å². The molecule has 0 nitrogen and oxygen atoms in total. The molecule has 0 saturated heterocycles. The molecule has 0 aliphatic rings. The Morgan fingerprint density at radius 2 is 0.250 bits per heavy atom. The van der Waals surface area contributed by atoms with Crippen molar-refractivity contribution >= 4 is 0 Å². The normalized spacial score (nSPS) is 0. The SMILES string of the molecule is C.C.C.C.C.C.C.[Cu]. The van der Waals surface area contributed by atoms with Crippen LogP contribution in [0.4, 0.5) is 0 Å². The van der Waals surface area contributed by atoms with E-state index in [4.69, 9.17) is 0 Å². The summed E-state index contributed by atoms with van der Waals surface area (Å²) in [6, 6.07) is 0. The first kappa shape index (κ1) is 1790.